The highest BCUT2D eigenvalue weighted by atomic mass is 16.4. The van der Waals surface area contributed by atoms with Gasteiger partial charge < -0.3 is 10.0 Å². The normalized spacial score (nSPS) is 16.3. The van der Waals surface area contributed by atoms with Crippen molar-refractivity contribution in [3.63, 3.8) is 0 Å². The molecule has 0 radical (unpaired) electrons. The maximum atomic E-state index is 10.7. The van der Waals surface area contributed by atoms with Crippen LogP contribution in [-0.2, 0) is 9.59 Å². The summed E-state index contributed by atoms with van der Waals surface area (Å²) in [7, 11) is 0. The molecule has 1 heterocycles. The highest BCUT2D eigenvalue weighted by molar-refractivity contribution is 5.78. The van der Waals surface area contributed by atoms with Gasteiger partial charge in [-0.3, -0.25) is 9.59 Å². The molecule has 1 N–H and O–H groups in total. The zero-order valence-corrected chi connectivity index (χ0v) is 8.98. The Labute approximate surface area is 89.9 Å². The van der Waals surface area contributed by atoms with E-state index < -0.39 is 11.9 Å². The van der Waals surface area contributed by atoms with Gasteiger partial charge >= 0.3 is 5.97 Å². The van der Waals surface area contributed by atoms with Crippen LogP contribution in [0.2, 0.25) is 0 Å². The molecule has 0 bridgehead atoms. The molecule has 1 amide bonds. The van der Waals surface area contributed by atoms with E-state index >= 15 is 0 Å². The third-order valence-corrected chi connectivity index (χ3v) is 2.07. The first-order valence-electron chi connectivity index (χ1n) is 4.80. The fourth-order valence-corrected chi connectivity index (χ4v) is 0.963. The maximum Gasteiger partial charge on any atom is 0.310 e. The van der Waals surface area contributed by atoms with Crippen LogP contribution in [0.1, 0.15) is 19.8 Å². The number of rotatable bonds is 3. The highest BCUT2D eigenvalue weighted by Gasteiger charge is 2.15. The van der Waals surface area contributed by atoms with Crippen LogP contribution in [0.5, 0.6) is 0 Å². The molecule has 1 unspecified atom stereocenters. The number of likely N-dealkylation sites (tertiary alicyclic amines) is 1. The lowest BCUT2D eigenvalue weighted by Gasteiger charge is -2.05. The Bertz CT molecular complexity index is 261. The summed E-state index contributed by atoms with van der Waals surface area (Å²) in [6.45, 7) is 9.24. The first-order chi connectivity index (χ1) is 7.02. The number of hydrogen-bond acceptors (Lipinski definition) is 2. The second-order valence-electron chi connectivity index (χ2n) is 3.24. The Morgan fingerprint density at radius 2 is 2.20 bits per heavy atom. The SMILES string of the molecule is C=CC(C)C(=O)O.C=CN1CCCC1=O. The van der Waals surface area contributed by atoms with Crippen LogP contribution in [0, 0.1) is 5.92 Å². The summed E-state index contributed by atoms with van der Waals surface area (Å²) in [6.07, 6.45) is 4.68. The number of amides is 1. The van der Waals surface area contributed by atoms with Gasteiger partial charge in [-0.1, -0.05) is 12.7 Å². The van der Waals surface area contributed by atoms with E-state index in [9.17, 15) is 9.59 Å². The molecule has 1 rings (SSSR count). The molecule has 4 nitrogen and oxygen atoms in total. The van der Waals surface area contributed by atoms with Crippen molar-refractivity contribution < 1.29 is 14.7 Å². The molecular formula is C11H17NO3. The maximum absolute atomic E-state index is 10.7. The second-order valence-corrected chi connectivity index (χ2v) is 3.24. The number of carbonyl (C=O) groups is 2. The summed E-state index contributed by atoms with van der Waals surface area (Å²) < 4.78 is 0. The van der Waals surface area contributed by atoms with E-state index in [4.69, 9.17) is 5.11 Å². The van der Waals surface area contributed by atoms with E-state index in [-0.39, 0.29) is 5.91 Å². The fraction of sp³-hybridized carbons (Fsp3) is 0.455. The summed E-state index contributed by atoms with van der Waals surface area (Å²) in [5.41, 5.74) is 0. The molecule has 0 aromatic carbocycles. The highest BCUT2D eigenvalue weighted by Crippen LogP contribution is 2.08. The van der Waals surface area contributed by atoms with Gasteiger partial charge in [-0.25, -0.2) is 0 Å². The Morgan fingerprint density at radius 1 is 1.60 bits per heavy atom. The van der Waals surface area contributed by atoms with E-state index in [0.29, 0.717) is 6.42 Å². The number of carbonyl (C=O) groups excluding carboxylic acids is 1. The molecule has 0 saturated carbocycles. The van der Waals surface area contributed by atoms with Gasteiger partial charge in [-0.15, -0.1) is 6.58 Å². The van der Waals surface area contributed by atoms with Crippen molar-refractivity contribution in [3.05, 3.63) is 25.4 Å². The molecule has 1 saturated heterocycles. The number of nitrogens with zero attached hydrogens (tertiary/aromatic N) is 1. The predicted octanol–water partition coefficient (Wildman–Crippen LogP) is 1.65. The Hall–Kier alpha value is -1.58. The zero-order valence-electron chi connectivity index (χ0n) is 8.98. The van der Waals surface area contributed by atoms with Gasteiger partial charge in [0.25, 0.3) is 0 Å². The Kier molecular flexibility index (Phi) is 6.09. The third kappa shape index (κ3) is 5.00. The minimum absolute atomic E-state index is 0.208. The van der Waals surface area contributed by atoms with Crippen LogP contribution >= 0.6 is 0 Å². The minimum Gasteiger partial charge on any atom is -0.481 e. The van der Waals surface area contributed by atoms with Gasteiger partial charge in [0, 0.05) is 13.0 Å². The molecule has 4 heteroatoms. The molecule has 0 spiro atoms. The quantitative estimate of drug-likeness (QED) is 0.722. The molecule has 1 aliphatic heterocycles. The van der Waals surface area contributed by atoms with E-state index in [0.717, 1.165) is 13.0 Å². The van der Waals surface area contributed by atoms with Gasteiger partial charge in [-0.05, 0) is 19.5 Å². The van der Waals surface area contributed by atoms with Crippen molar-refractivity contribution in [2.75, 3.05) is 6.54 Å². The largest absolute Gasteiger partial charge is 0.481 e. The summed E-state index contributed by atoms with van der Waals surface area (Å²) in [4.78, 5) is 22.2. The number of carboxylic acids is 1. The van der Waals surface area contributed by atoms with Crippen LogP contribution in [0.4, 0.5) is 0 Å². The standard InChI is InChI=1S/C6H9NO.C5H8O2/c1-2-7-5-3-4-6(7)8;1-3-4(2)5(6)7/h2H,1,3-5H2;3-4H,1H2,2H3,(H,6,7). The summed E-state index contributed by atoms with van der Waals surface area (Å²) in [5.74, 6) is -1.03. The second kappa shape index (κ2) is 6.81. The lowest BCUT2D eigenvalue weighted by molar-refractivity contribution is -0.139. The van der Waals surface area contributed by atoms with Gasteiger partial charge in [-0.2, -0.15) is 0 Å². The first kappa shape index (κ1) is 13.4. The average molecular weight is 211 g/mol. The van der Waals surface area contributed by atoms with Crippen molar-refractivity contribution >= 4 is 11.9 Å². The molecule has 1 aliphatic rings. The minimum atomic E-state index is -0.824. The number of aliphatic carboxylic acids is 1. The third-order valence-electron chi connectivity index (χ3n) is 2.07. The lowest BCUT2D eigenvalue weighted by Crippen LogP contribution is -2.16. The van der Waals surface area contributed by atoms with Gasteiger partial charge in [0.2, 0.25) is 5.91 Å². The van der Waals surface area contributed by atoms with Crippen LogP contribution in [0.25, 0.3) is 0 Å². The summed E-state index contributed by atoms with van der Waals surface area (Å²) >= 11 is 0. The van der Waals surface area contributed by atoms with Crippen LogP contribution in [-0.4, -0.2) is 28.4 Å². The Balaban J connectivity index is 0.000000265. The monoisotopic (exact) mass is 211 g/mol. The lowest BCUT2D eigenvalue weighted by atomic mass is 10.2. The molecule has 15 heavy (non-hydrogen) atoms. The number of carboxylic acid groups (broad SMARTS) is 1. The van der Waals surface area contributed by atoms with Crippen molar-refractivity contribution in [3.8, 4) is 0 Å². The first-order valence-corrected chi connectivity index (χ1v) is 4.80. The van der Waals surface area contributed by atoms with Crippen molar-refractivity contribution in [1.82, 2.24) is 4.90 Å². The molecular weight excluding hydrogens is 194 g/mol. The summed E-state index contributed by atoms with van der Waals surface area (Å²) in [6, 6.07) is 0. The average Bonchev–Trinajstić information content (AvgIpc) is 2.63. The van der Waals surface area contributed by atoms with Gasteiger partial charge in [0.05, 0.1) is 5.92 Å². The van der Waals surface area contributed by atoms with Crippen molar-refractivity contribution in [2.45, 2.75) is 19.8 Å². The van der Waals surface area contributed by atoms with Crippen molar-refractivity contribution in [2.24, 2.45) is 5.92 Å². The van der Waals surface area contributed by atoms with Crippen molar-refractivity contribution in [1.29, 1.82) is 0 Å². The molecule has 0 aliphatic carbocycles. The van der Waals surface area contributed by atoms with Crippen LogP contribution in [0.15, 0.2) is 25.4 Å². The van der Waals surface area contributed by atoms with E-state index in [1.165, 1.54) is 6.08 Å². The summed E-state index contributed by atoms with van der Waals surface area (Å²) in [5, 5.41) is 8.11. The predicted molar refractivity (Wildman–Crippen MR) is 58.1 cm³/mol. The topological polar surface area (TPSA) is 57.6 Å². The molecule has 1 fully saturated rings. The molecule has 84 valence electrons. The van der Waals surface area contributed by atoms with E-state index in [2.05, 4.69) is 13.2 Å². The fourth-order valence-electron chi connectivity index (χ4n) is 0.963. The van der Waals surface area contributed by atoms with E-state index in [1.807, 2.05) is 0 Å². The Morgan fingerprint density at radius 3 is 2.33 bits per heavy atom. The van der Waals surface area contributed by atoms with Crippen LogP contribution < -0.4 is 0 Å². The smallest absolute Gasteiger partial charge is 0.310 e. The molecule has 0 aromatic heterocycles. The van der Waals surface area contributed by atoms with E-state index in [1.54, 1.807) is 18.0 Å². The number of hydrogen-bond donors (Lipinski definition) is 1. The van der Waals surface area contributed by atoms with Gasteiger partial charge in [0.15, 0.2) is 0 Å². The molecule has 0 aromatic rings. The zero-order chi connectivity index (χ0) is 11.8. The molecule has 1 atom stereocenters. The van der Waals surface area contributed by atoms with Crippen LogP contribution in [0.3, 0.4) is 0 Å². The van der Waals surface area contributed by atoms with Gasteiger partial charge in [0.1, 0.15) is 0 Å².